The molecule has 34 heavy (non-hydrogen) atoms. The molecule has 0 saturated carbocycles. The minimum Gasteiger partial charge on any atom is -0.493 e. The first-order chi connectivity index (χ1) is 16.4. The van der Waals surface area contributed by atoms with E-state index in [1.165, 1.54) is 0 Å². The number of hydrogen-bond acceptors (Lipinski definition) is 6. The Morgan fingerprint density at radius 3 is 2.50 bits per heavy atom. The molecule has 5 rings (SSSR count). The van der Waals surface area contributed by atoms with E-state index in [0.29, 0.717) is 23.8 Å². The molecule has 1 amide bonds. The van der Waals surface area contributed by atoms with E-state index in [1.807, 2.05) is 44.2 Å². The Kier molecular flexibility index (Phi) is 6.00. The number of methoxy groups -OCH3 is 2. The number of anilines is 1. The first-order valence-corrected chi connectivity index (χ1v) is 11.9. The second-order valence-electron chi connectivity index (χ2n) is 9.65. The van der Waals surface area contributed by atoms with Crippen LogP contribution in [0.25, 0.3) is 21.5 Å². The number of nitrogens with zero attached hydrogens (tertiary/aromatic N) is 1. The first kappa shape index (κ1) is 22.7. The van der Waals surface area contributed by atoms with Gasteiger partial charge < -0.3 is 19.3 Å². The summed E-state index contributed by atoms with van der Waals surface area (Å²) in [6, 6.07) is 9.95. The van der Waals surface area contributed by atoms with Gasteiger partial charge in [0.05, 0.1) is 26.9 Å². The Balaban J connectivity index is 1.70. The van der Waals surface area contributed by atoms with Crippen LogP contribution in [0.15, 0.2) is 30.3 Å². The number of hydrogen-bond donors (Lipinski definition) is 2. The number of aliphatic hydroxyl groups excluding tert-OH is 1. The van der Waals surface area contributed by atoms with Gasteiger partial charge in [0, 0.05) is 18.3 Å². The van der Waals surface area contributed by atoms with Crippen molar-refractivity contribution in [3.05, 3.63) is 41.5 Å². The molecule has 0 unspecified atom stereocenters. The number of aliphatic hydroxyl groups is 1. The summed E-state index contributed by atoms with van der Waals surface area (Å²) < 4.78 is 16.5. The van der Waals surface area contributed by atoms with Crippen molar-refractivity contribution >= 4 is 33.3 Å². The fourth-order valence-corrected chi connectivity index (χ4v) is 5.44. The normalized spacial score (nSPS) is 19.8. The third-order valence-electron chi connectivity index (χ3n) is 7.00. The standard InChI is InChI=1S/C27H32N2O5/c1-15(2)14-34-27(31)28-16-7-8-17-18(10-16)19-11-23(32-3)24(33-4)12-20(19)21-13-29-9-5-6-22(29)26(30)25(17)21/h7-8,10-12,15,22,26,30H,5-6,9,13-14H2,1-4H3,(H,28,31)/t22-,26+/m0/s1. The maximum atomic E-state index is 12.3. The number of ether oxygens (including phenoxy) is 3. The van der Waals surface area contributed by atoms with Gasteiger partial charge in [-0.3, -0.25) is 10.2 Å². The zero-order chi connectivity index (χ0) is 24.0. The summed E-state index contributed by atoms with van der Waals surface area (Å²) >= 11 is 0. The van der Waals surface area contributed by atoms with Gasteiger partial charge >= 0.3 is 6.09 Å². The van der Waals surface area contributed by atoms with Crippen molar-refractivity contribution in [1.29, 1.82) is 0 Å². The van der Waals surface area contributed by atoms with Crippen LogP contribution in [0.3, 0.4) is 0 Å². The van der Waals surface area contributed by atoms with Gasteiger partial charge in [-0.05, 0) is 82.2 Å². The van der Waals surface area contributed by atoms with Gasteiger partial charge in [0.15, 0.2) is 11.5 Å². The summed E-state index contributed by atoms with van der Waals surface area (Å²) in [5.74, 6) is 1.55. The largest absolute Gasteiger partial charge is 0.493 e. The monoisotopic (exact) mass is 464 g/mol. The van der Waals surface area contributed by atoms with E-state index >= 15 is 0 Å². The van der Waals surface area contributed by atoms with Gasteiger partial charge in [-0.1, -0.05) is 19.9 Å². The number of fused-ring (bicyclic) bond motifs is 7. The highest BCUT2D eigenvalue weighted by Gasteiger charge is 2.39. The molecule has 0 bridgehead atoms. The fraction of sp³-hybridized carbons (Fsp3) is 0.444. The molecule has 1 fully saturated rings. The van der Waals surface area contributed by atoms with Gasteiger partial charge in [-0.2, -0.15) is 0 Å². The van der Waals surface area contributed by atoms with Crippen molar-refractivity contribution in [3.63, 3.8) is 0 Å². The second kappa shape index (κ2) is 8.96. The molecule has 3 aromatic carbocycles. The van der Waals surface area contributed by atoms with Crippen LogP contribution in [0.1, 0.15) is 43.9 Å². The van der Waals surface area contributed by atoms with Crippen LogP contribution in [-0.2, 0) is 11.3 Å². The Labute approximate surface area is 199 Å². The molecule has 180 valence electrons. The minimum atomic E-state index is -0.568. The van der Waals surface area contributed by atoms with Crippen LogP contribution < -0.4 is 14.8 Å². The average Bonchev–Trinajstić information content (AvgIpc) is 3.31. The number of amides is 1. The first-order valence-electron chi connectivity index (χ1n) is 11.9. The number of benzene rings is 3. The quantitative estimate of drug-likeness (QED) is 0.504. The van der Waals surface area contributed by atoms with Gasteiger partial charge in [-0.15, -0.1) is 0 Å². The summed E-state index contributed by atoms with van der Waals surface area (Å²) in [4.78, 5) is 14.7. The minimum absolute atomic E-state index is 0.136. The topological polar surface area (TPSA) is 80.3 Å². The van der Waals surface area contributed by atoms with Crippen LogP contribution in [0.4, 0.5) is 10.5 Å². The fourth-order valence-electron chi connectivity index (χ4n) is 5.44. The average molecular weight is 465 g/mol. The van der Waals surface area contributed by atoms with Crippen LogP contribution in [0.5, 0.6) is 11.5 Å². The SMILES string of the molecule is COc1cc2c3c(c4ccc(NC(=O)OCC(C)C)cc4c2cc1OC)[C@H](O)[C@@H]1CCCN1C3. The number of rotatable bonds is 5. The second-order valence-corrected chi connectivity index (χ2v) is 9.65. The molecule has 7 nitrogen and oxygen atoms in total. The molecular weight excluding hydrogens is 432 g/mol. The van der Waals surface area contributed by atoms with Crippen molar-refractivity contribution in [2.24, 2.45) is 5.92 Å². The Morgan fingerprint density at radius 1 is 1.09 bits per heavy atom. The molecule has 3 aromatic rings. The van der Waals surface area contributed by atoms with E-state index in [0.717, 1.165) is 58.6 Å². The maximum absolute atomic E-state index is 12.3. The zero-order valence-electron chi connectivity index (χ0n) is 20.2. The van der Waals surface area contributed by atoms with E-state index in [-0.39, 0.29) is 12.0 Å². The Bertz CT molecular complexity index is 1260. The summed E-state index contributed by atoms with van der Waals surface area (Å²) in [6.07, 6.45) is 1.04. The predicted octanol–water partition coefficient (Wildman–Crippen LogP) is 5.23. The van der Waals surface area contributed by atoms with Gasteiger partial charge in [0.25, 0.3) is 0 Å². The molecule has 2 aliphatic heterocycles. The zero-order valence-corrected chi connectivity index (χ0v) is 20.2. The highest BCUT2D eigenvalue weighted by Crippen LogP contribution is 2.47. The molecule has 1 saturated heterocycles. The van der Waals surface area contributed by atoms with E-state index in [1.54, 1.807) is 14.2 Å². The van der Waals surface area contributed by atoms with Crippen LogP contribution in [-0.4, -0.2) is 49.5 Å². The van der Waals surface area contributed by atoms with E-state index in [4.69, 9.17) is 14.2 Å². The summed E-state index contributed by atoms with van der Waals surface area (Å²) in [5.41, 5.74) is 2.75. The smallest absolute Gasteiger partial charge is 0.411 e. The maximum Gasteiger partial charge on any atom is 0.411 e. The molecule has 2 aliphatic rings. The van der Waals surface area contributed by atoms with Crippen molar-refractivity contribution in [3.8, 4) is 11.5 Å². The molecule has 2 heterocycles. The van der Waals surface area contributed by atoms with Crippen molar-refractivity contribution in [2.75, 3.05) is 32.7 Å². The molecule has 2 N–H and O–H groups in total. The number of carbonyl (C=O) groups is 1. The Hall–Kier alpha value is -3.03. The van der Waals surface area contributed by atoms with Crippen molar-refractivity contribution in [1.82, 2.24) is 4.90 Å². The number of carbonyl (C=O) groups excluding carboxylic acids is 1. The van der Waals surface area contributed by atoms with E-state index in [2.05, 4.69) is 10.2 Å². The van der Waals surface area contributed by atoms with Gasteiger partial charge in [0.2, 0.25) is 0 Å². The molecule has 0 radical (unpaired) electrons. The van der Waals surface area contributed by atoms with E-state index in [9.17, 15) is 9.90 Å². The van der Waals surface area contributed by atoms with Crippen LogP contribution >= 0.6 is 0 Å². The molecule has 0 aromatic heterocycles. The molecule has 0 spiro atoms. The summed E-state index contributed by atoms with van der Waals surface area (Å²) in [6.45, 7) is 6.14. The molecule has 0 aliphatic carbocycles. The predicted molar refractivity (Wildman–Crippen MR) is 133 cm³/mol. The van der Waals surface area contributed by atoms with Crippen molar-refractivity contribution in [2.45, 2.75) is 45.4 Å². The summed E-state index contributed by atoms with van der Waals surface area (Å²) in [7, 11) is 3.26. The van der Waals surface area contributed by atoms with Crippen molar-refractivity contribution < 1.29 is 24.1 Å². The van der Waals surface area contributed by atoms with Gasteiger partial charge in [0.1, 0.15) is 0 Å². The molecule has 2 atom stereocenters. The third kappa shape index (κ3) is 3.83. The van der Waals surface area contributed by atoms with Crippen LogP contribution in [0, 0.1) is 5.92 Å². The highest BCUT2D eigenvalue weighted by molar-refractivity contribution is 6.13. The number of nitrogens with one attached hydrogen (secondary N) is 1. The lowest BCUT2D eigenvalue weighted by molar-refractivity contribution is 0.0552. The lowest BCUT2D eigenvalue weighted by atomic mass is 9.83. The molecule has 7 heteroatoms. The van der Waals surface area contributed by atoms with Gasteiger partial charge in [-0.25, -0.2) is 4.79 Å². The lowest BCUT2D eigenvalue weighted by Crippen LogP contribution is -2.39. The third-order valence-corrected chi connectivity index (χ3v) is 7.00. The molecular formula is C27H32N2O5. The Morgan fingerprint density at radius 2 is 1.79 bits per heavy atom. The summed E-state index contributed by atoms with van der Waals surface area (Å²) in [5, 5.41) is 18.3. The lowest BCUT2D eigenvalue weighted by Gasteiger charge is -2.37. The van der Waals surface area contributed by atoms with Crippen LogP contribution in [0.2, 0.25) is 0 Å². The van der Waals surface area contributed by atoms with E-state index < -0.39 is 12.2 Å². The highest BCUT2D eigenvalue weighted by atomic mass is 16.5.